The zero-order valence-corrected chi connectivity index (χ0v) is 28.0. The average molecular weight is 664 g/mol. The average Bonchev–Trinajstić information content (AvgIpc) is 3.74. The Kier molecular flexibility index (Phi) is 6.22. The maximum absolute atomic E-state index is 6.67. The van der Waals surface area contributed by atoms with Crippen LogP contribution in [0.25, 0.3) is 105 Å². The highest BCUT2D eigenvalue weighted by atomic mass is 16.3. The molecule has 11 aromatic rings. The molecule has 242 valence electrons. The van der Waals surface area contributed by atoms with Crippen LogP contribution in [0.5, 0.6) is 0 Å². The summed E-state index contributed by atoms with van der Waals surface area (Å²) < 4.78 is 9.03. The van der Waals surface area contributed by atoms with Gasteiger partial charge in [0.15, 0.2) is 5.82 Å². The molecule has 0 saturated heterocycles. The first-order chi connectivity index (χ1) is 25.8. The number of nitrogens with zero attached hydrogens (tertiary/aromatic N) is 3. The first-order valence-electron chi connectivity index (χ1n) is 17.6. The van der Waals surface area contributed by atoms with E-state index in [2.05, 4.69) is 162 Å². The second-order valence-corrected chi connectivity index (χ2v) is 13.4. The fourth-order valence-electron chi connectivity index (χ4n) is 7.99. The van der Waals surface area contributed by atoms with Crippen LogP contribution in [0.15, 0.2) is 180 Å². The van der Waals surface area contributed by atoms with E-state index in [1.54, 1.807) is 0 Å². The second kappa shape index (κ2) is 11.2. The number of fused-ring (bicyclic) bond motifs is 8. The molecule has 0 saturated carbocycles. The highest BCUT2D eigenvalue weighted by Crippen LogP contribution is 2.42. The van der Waals surface area contributed by atoms with Gasteiger partial charge in [-0.3, -0.25) is 0 Å². The Morgan fingerprint density at radius 1 is 0.404 bits per heavy atom. The topological polar surface area (TPSA) is 43.9 Å². The summed E-state index contributed by atoms with van der Waals surface area (Å²) >= 11 is 0. The smallest absolute Gasteiger partial charge is 0.161 e. The molecule has 0 amide bonds. The van der Waals surface area contributed by atoms with E-state index in [9.17, 15) is 0 Å². The molecule has 0 spiro atoms. The number of hydrogen-bond donors (Lipinski definition) is 0. The van der Waals surface area contributed by atoms with Crippen LogP contribution in [0, 0.1) is 0 Å². The number of hydrogen-bond acceptors (Lipinski definition) is 3. The number of rotatable bonds is 4. The third-order valence-corrected chi connectivity index (χ3v) is 10.4. The van der Waals surface area contributed by atoms with Crippen molar-refractivity contribution in [3.05, 3.63) is 176 Å². The minimum absolute atomic E-state index is 0.647. The van der Waals surface area contributed by atoms with Crippen molar-refractivity contribution in [2.45, 2.75) is 0 Å². The van der Waals surface area contributed by atoms with E-state index in [-0.39, 0.29) is 0 Å². The summed E-state index contributed by atoms with van der Waals surface area (Å²) in [5, 5.41) is 9.19. The highest BCUT2D eigenvalue weighted by Gasteiger charge is 2.21. The molecule has 4 nitrogen and oxygen atoms in total. The van der Waals surface area contributed by atoms with Crippen LogP contribution >= 0.6 is 0 Å². The number of para-hydroxylation sites is 2. The van der Waals surface area contributed by atoms with Crippen LogP contribution in [-0.2, 0) is 0 Å². The molecule has 11 rings (SSSR count). The van der Waals surface area contributed by atoms with Crippen molar-refractivity contribution in [3.63, 3.8) is 0 Å². The first kappa shape index (κ1) is 28.8. The third kappa shape index (κ3) is 4.41. The lowest BCUT2D eigenvalue weighted by Gasteiger charge is -2.14. The predicted octanol–water partition coefficient (Wildman–Crippen LogP) is 12.8. The van der Waals surface area contributed by atoms with E-state index in [0.29, 0.717) is 5.82 Å². The second-order valence-electron chi connectivity index (χ2n) is 13.4. The molecule has 0 bridgehead atoms. The SMILES string of the molecule is c1ccc(-c2cc(-c3cccc4ccccc34)nc(-c3cc(-n4c5ccccc5c5cc6ccccc6cc54)cc4oc5ccccc5c34)n2)cc1. The Morgan fingerprint density at radius 3 is 1.94 bits per heavy atom. The van der Waals surface area contributed by atoms with Gasteiger partial charge in [-0.2, -0.15) is 0 Å². The van der Waals surface area contributed by atoms with Gasteiger partial charge in [0.05, 0.1) is 28.1 Å². The molecule has 0 atom stereocenters. The van der Waals surface area contributed by atoms with Gasteiger partial charge in [-0.05, 0) is 57.9 Å². The molecule has 0 fully saturated rings. The van der Waals surface area contributed by atoms with Crippen LogP contribution in [0.4, 0.5) is 0 Å². The van der Waals surface area contributed by atoms with Crippen molar-refractivity contribution < 1.29 is 4.42 Å². The molecule has 3 heterocycles. The third-order valence-electron chi connectivity index (χ3n) is 10.4. The molecule has 52 heavy (non-hydrogen) atoms. The lowest BCUT2D eigenvalue weighted by Crippen LogP contribution is -1.99. The van der Waals surface area contributed by atoms with Crippen LogP contribution in [0.1, 0.15) is 0 Å². The van der Waals surface area contributed by atoms with Gasteiger partial charge in [0.2, 0.25) is 0 Å². The van der Waals surface area contributed by atoms with Crippen molar-refractivity contribution in [2.75, 3.05) is 0 Å². The summed E-state index contributed by atoms with van der Waals surface area (Å²) in [6.45, 7) is 0. The Bertz CT molecular complexity index is 3180. The maximum Gasteiger partial charge on any atom is 0.161 e. The summed E-state index contributed by atoms with van der Waals surface area (Å²) in [6.07, 6.45) is 0. The fourth-order valence-corrected chi connectivity index (χ4v) is 7.99. The van der Waals surface area contributed by atoms with Gasteiger partial charge < -0.3 is 8.98 Å². The molecule has 8 aromatic carbocycles. The fraction of sp³-hybridized carbons (Fsp3) is 0. The van der Waals surface area contributed by atoms with Crippen molar-refractivity contribution in [1.29, 1.82) is 0 Å². The van der Waals surface area contributed by atoms with Gasteiger partial charge in [0.25, 0.3) is 0 Å². The molecule has 0 N–H and O–H groups in total. The van der Waals surface area contributed by atoms with Gasteiger partial charge >= 0.3 is 0 Å². The van der Waals surface area contributed by atoms with Crippen LogP contribution < -0.4 is 0 Å². The predicted molar refractivity (Wildman–Crippen MR) is 215 cm³/mol. The van der Waals surface area contributed by atoms with Gasteiger partial charge in [0, 0.05) is 44.3 Å². The summed E-state index contributed by atoms with van der Waals surface area (Å²) in [5.41, 5.74) is 9.63. The number of furan rings is 1. The molecule has 0 aliphatic carbocycles. The minimum atomic E-state index is 0.647. The van der Waals surface area contributed by atoms with E-state index < -0.39 is 0 Å². The van der Waals surface area contributed by atoms with Crippen LogP contribution in [-0.4, -0.2) is 14.5 Å². The van der Waals surface area contributed by atoms with Gasteiger partial charge in [-0.25, -0.2) is 9.97 Å². The molecule has 3 aromatic heterocycles. The highest BCUT2D eigenvalue weighted by molar-refractivity contribution is 6.16. The van der Waals surface area contributed by atoms with E-state index in [4.69, 9.17) is 14.4 Å². The van der Waals surface area contributed by atoms with E-state index in [1.165, 1.54) is 26.9 Å². The quantitative estimate of drug-likeness (QED) is 0.188. The minimum Gasteiger partial charge on any atom is -0.456 e. The van der Waals surface area contributed by atoms with Crippen molar-refractivity contribution in [3.8, 4) is 39.6 Å². The largest absolute Gasteiger partial charge is 0.456 e. The van der Waals surface area contributed by atoms with E-state index in [1.807, 2.05) is 18.2 Å². The summed E-state index contributed by atoms with van der Waals surface area (Å²) in [6, 6.07) is 61.9. The molecule has 0 radical (unpaired) electrons. The summed E-state index contributed by atoms with van der Waals surface area (Å²) in [4.78, 5) is 10.8. The summed E-state index contributed by atoms with van der Waals surface area (Å²) in [5.74, 6) is 0.647. The van der Waals surface area contributed by atoms with Crippen molar-refractivity contribution >= 4 is 65.3 Å². The Hall–Kier alpha value is -7.04. The Balaban J connectivity index is 1.26. The zero-order valence-electron chi connectivity index (χ0n) is 28.0. The van der Waals surface area contributed by atoms with Gasteiger partial charge in [-0.1, -0.05) is 133 Å². The maximum atomic E-state index is 6.67. The van der Waals surface area contributed by atoms with Gasteiger partial charge in [0.1, 0.15) is 11.2 Å². The monoisotopic (exact) mass is 663 g/mol. The van der Waals surface area contributed by atoms with E-state index >= 15 is 0 Å². The molecular weight excluding hydrogens is 635 g/mol. The van der Waals surface area contributed by atoms with E-state index in [0.717, 1.165) is 72.1 Å². The van der Waals surface area contributed by atoms with Crippen LogP contribution in [0.3, 0.4) is 0 Å². The lowest BCUT2D eigenvalue weighted by molar-refractivity contribution is 0.668. The normalized spacial score (nSPS) is 11.8. The van der Waals surface area contributed by atoms with Gasteiger partial charge in [-0.15, -0.1) is 0 Å². The first-order valence-corrected chi connectivity index (χ1v) is 17.6. The number of aromatic nitrogens is 3. The molecule has 0 unspecified atom stereocenters. The lowest BCUT2D eigenvalue weighted by atomic mass is 9.99. The Morgan fingerprint density at radius 2 is 1.08 bits per heavy atom. The molecule has 4 heteroatoms. The van der Waals surface area contributed by atoms with Crippen LogP contribution in [0.2, 0.25) is 0 Å². The standard InChI is InChI=1S/C48H29N3O/c1-2-14-31(15-3-1)41-29-42(36-22-12-18-30-13-6-7-19-35(30)36)50-48(49-41)40-27-34(28-46-47(40)38-21-9-11-24-45(38)52-46)51-43-23-10-8-20-37(43)39-25-32-16-4-5-17-33(32)26-44(39)51/h1-29H. The molecule has 0 aliphatic rings. The van der Waals surface area contributed by atoms with Crippen molar-refractivity contribution in [1.82, 2.24) is 14.5 Å². The Labute approximate surface area is 298 Å². The number of benzene rings is 8. The molecular formula is C48H29N3O. The molecule has 0 aliphatic heterocycles. The van der Waals surface area contributed by atoms with Crippen molar-refractivity contribution in [2.24, 2.45) is 0 Å². The zero-order chi connectivity index (χ0) is 34.2. The summed E-state index contributed by atoms with van der Waals surface area (Å²) in [7, 11) is 0.